The van der Waals surface area contributed by atoms with Gasteiger partial charge in [0.2, 0.25) is 5.91 Å². The predicted molar refractivity (Wildman–Crippen MR) is 81.3 cm³/mol. The fourth-order valence-corrected chi connectivity index (χ4v) is 3.02. The van der Waals surface area contributed by atoms with E-state index in [4.69, 9.17) is 5.73 Å². The van der Waals surface area contributed by atoms with Gasteiger partial charge in [-0.1, -0.05) is 12.1 Å². The summed E-state index contributed by atoms with van der Waals surface area (Å²) in [6.07, 6.45) is 1.92. The number of hydrogen-bond donors (Lipinski definition) is 2. The number of carbonyl (C=O) groups is 1. The van der Waals surface area contributed by atoms with Crippen molar-refractivity contribution in [2.45, 2.75) is 25.8 Å². The number of benzene rings is 1. The third kappa shape index (κ3) is 5.44. The molecule has 4 nitrogen and oxygen atoms in total. The smallest absolute Gasteiger partial charge is 0.216 e. The topological polar surface area (TPSA) is 58.4 Å². The molecule has 0 radical (unpaired) electrons. The average Bonchev–Trinajstić information content (AvgIpc) is 2.40. The molecule has 1 aliphatic heterocycles. The van der Waals surface area contributed by atoms with E-state index in [9.17, 15) is 9.18 Å². The van der Waals surface area contributed by atoms with E-state index in [1.165, 1.54) is 19.1 Å². The Hall–Kier alpha value is -1.46. The van der Waals surface area contributed by atoms with Gasteiger partial charge in [0.15, 0.2) is 0 Å². The summed E-state index contributed by atoms with van der Waals surface area (Å²) in [5, 5.41) is 2.82. The Morgan fingerprint density at radius 1 is 1.38 bits per heavy atom. The minimum Gasteiger partial charge on any atom is -0.355 e. The van der Waals surface area contributed by atoms with Gasteiger partial charge in [0.25, 0.3) is 0 Å². The van der Waals surface area contributed by atoms with Crippen LogP contribution in [0.5, 0.6) is 0 Å². The Morgan fingerprint density at radius 2 is 2.10 bits per heavy atom. The molecule has 5 heteroatoms. The lowest BCUT2D eigenvalue weighted by atomic mass is 9.89. The van der Waals surface area contributed by atoms with E-state index < -0.39 is 0 Å². The van der Waals surface area contributed by atoms with Crippen LogP contribution in [-0.2, 0) is 11.2 Å². The summed E-state index contributed by atoms with van der Waals surface area (Å²) in [6, 6.07) is 6.87. The van der Waals surface area contributed by atoms with Crippen molar-refractivity contribution < 1.29 is 9.18 Å². The molecule has 116 valence electrons. The molecular weight excluding hydrogens is 269 g/mol. The first-order valence-electron chi connectivity index (χ1n) is 7.49. The monoisotopic (exact) mass is 293 g/mol. The molecule has 1 aromatic rings. The number of carbonyl (C=O) groups excluding carboxylic acids is 1. The fourth-order valence-electron chi connectivity index (χ4n) is 3.02. The molecule has 0 bridgehead atoms. The van der Waals surface area contributed by atoms with Crippen LogP contribution < -0.4 is 11.1 Å². The van der Waals surface area contributed by atoms with Gasteiger partial charge in [0.1, 0.15) is 5.82 Å². The van der Waals surface area contributed by atoms with Crippen molar-refractivity contribution in [2.24, 2.45) is 11.7 Å². The zero-order valence-electron chi connectivity index (χ0n) is 12.5. The molecule has 0 aliphatic carbocycles. The lowest BCUT2D eigenvalue weighted by Crippen LogP contribution is -2.49. The summed E-state index contributed by atoms with van der Waals surface area (Å²) in [5.41, 5.74) is 7.29. The fraction of sp³-hybridized carbons (Fsp3) is 0.562. The maximum absolute atomic E-state index is 12.9. The number of halogens is 1. The highest BCUT2D eigenvalue weighted by Gasteiger charge is 2.24. The highest BCUT2D eigenvalue weighted by atomic mass is 19.1. The number of rotatable bonds is 5. The minimum atomic E-state index is -0.198. The summed E-state index contributed by atoms with van der Waals surface area (Å²) in [7, 11) is 0. The summed E-state index contributed by atoms with van der Waals surface area (Å²) in [4.78, 5) is 13.2. The quantitative estimate of drug-likeness (QED) is 0.856. The van der Waals surface area contributed by atoms with Gasteiger partial charge < -0.3 is 11.1 Å². The van der Waals surface area contributed by atoms with Crippen LogP contribution >= 0.6 is 0 Å². The van der Waals surface area contributed by atoms with Crippen LogP contribution in [0, 0.1) is 11.7 Å². The largest absolute Gasteiger partial charge is 0.355 e. The minimum absolute atomic E-state index is 0.000768. The molecule has 2 atom stereocenters. The van der Waals surface area contributed by atoms with Crippen molar-refractivity contribution in [3.05, 3.63) is 35.6 Å². The maximum Gasteiger partial charge on any atom is 0.216 e. The van der Waals surface area contributed by atoms with Gasteiger partial charge in [-0.25, -0.2) is 4.39 Å². The molecule has 1 fully saturated rings. The second-order valence-electron chi connectivity index (χ2n) is 5.93. The molecule has 21 heavy (non-hydrogen) atoms. The molecule has 0 saturated carbocycles. The second-order valence-corrected chi connectivity index (χ2v) is 5.93. The zero-order chi connectivity index (χ0) is 15.2. The van der Waals surface area contributed by atoms with Crippen molar-refractivity contribution >= 4 is 5.91 Å². The number of piperidine rings is 1. The molecule has 1 heterocycles. The number of nitrogens with zero attached hydrogens (tertiary/aromatic N) is 1. The predicted octanol–water partition coefficient (Wildman–Crippen LogP) is 1.15. The zero-order valence-corrected chi connectivity index (χ0v) is 12.5. The summed E-state index contributed by atoms with van der Waals surface area (Å²) in [5.74, 6) is 0.284. The summed E-state index contributed by atoms with van der Waals surface area (Å²) in [6.45, 7) is 4.86. The molecule has 1 amide bonds. The Kier molecular flexibility index (Phi) is 5.70. The normalized spacial score (nSPS) is 23.0. The number of nitrogens with one attached hydrogen (secondary N) is 1. The van der Waals surface area contributed by atoms with Crippen molar-refractivity contribution in [3.8, 4) is 0 Å². The van der Waals surface area contributed by atoms with E-state index in [-0.39, 0.29) is 17.8 Å². The van der Waals surface area contributed by atoms with Gasteiger partial charge in [0, 0.05) is 39.1 Å². The van der Waals surface area contributed by atoms with Crippen LogP contribution in [0.15, 0.2) is 24.3 Å². The summed E-state index contributed by atoms with van der Waals surface area (Å²) < 4.78 is 12.9. The van der Waals surface area contributed by atoms with Crippen LogP contribution in [0.1, 0.15) is 18.9 Å². The lowest BCUT2D eigenvalue weighted by molar-refractivity contribution is -0.119. The molecule has 0 spiro atoms. The molecule has 0 aromatic heterocycles. The van der Waals surface area contributed by atoms with Crippen LogP contribution in [0.2, 0.25) is 0 Å². The first-order valence-corrected chi connectivity index (χ1v) is 7.49. The number of nitrogens with two attached hydrogens (primary N) is 1. The van der Waals surface area contributed by atoms with Gasteiger partial charge in [-0.2, -0.15) is 0 Å². The van der Waals surface area contributed by atoms with E-state index in [1.54, 1.807) is 0 Å². The van der Waals surface area contributed by atoms with Crippen LogP contribution in [0.4, 0.5) is 4.39 Å². The number of hydrogen-bond acceptors (Lipinski definition) is 3. The number of likely N-dealkylation sites (tertiary alicyclic amines) is 1. The third-order valence-corrected chi connectivity index (χ3v) is 3.88. The van der Waals surface area contributed by atoms with Gasteiger partial charge in [-0.15, -0.1) is 0 Å². The van der Waals surface area contributed by atoms with E-state index in [0.717, 1.165) is 38.0 Å². The Balaban J connectivity index is 1.85. The van der Waals surface area contributed by atoms with Gasteiger partial charge in [0.05, 0.1) is 0 Å². The van der Waals surface area contributed by atoms with E-state index in [0.29, 0.717) is 12.5 Å². The van der Waals surface area contributed by atoms with Crippen molar-refractivity contribution in [1.82, 2.24) is 10.2 Å². The van der Waals surface area contributed by atoms with Gasteiger partial charge in [-0.3, -0.25) is 9.69 Å². The van der Waals surface area contributed by atoms with E-state index in [2.05, 4.69) is 10.2 Å². The van der Waals surface area contributed by atoms with Gasteiger partial charge >= 0.3 is 0 Å². The number of amides is 1. The Bertz CT molecular complexity index is 463. The van der Waals surface area contributed by atoms with Crippen molar-refractivity contribution in [2.75, 3.05) is 26.2 Å². The van der Waals surface area contributed by atoms with Crippen LogP contribution in [0.3, 0.4) is 0 Å². The first kappa shape index (κ1) is 15.9. The molecule has 2 unspecified atom stereocenters. The molecule has 1 aromatic carbocycles. The maximum atomic E-state index is 12.9. The molecule has 1 saturated heterocycles. The Labute approximate surface area is 125 Å². The van der Waals surface area contributed by atoms with Crippen molar-refractivity contribution in [3.63, 3.8) is 0 Å². The van der Waals surface area contributed by atoms with Crippen LogP contribution in [0.25, 0.3) is 0 Å². The molecule has 2 rings (SSSR count). The van der Waals surface area contributed by atoms with Crippen molar-refractivity contribution in [1.29, 1.82) is 0 Å². The third-order valence-electron chi connectivity index (χ3n) is 3.88. The Morgan fingerprint density at radius 3 is 2.76 bits per heavy atom. The molecular formula is C16H24FN3O. The SMILES string of the molecule is CC(=O)NCCN1CC(N)CC(Cc2ccc(F)cc2)C1. The standard InChI is InChI=1S/C16H24FN3O/c1-12(21)19-6-7-20-10-14(9-16(18)11-20)8-13-2-4-15(17)5-3-13/h2-5,14,16H,6-11,18H2,1H3,(H,19,21). The summed E-state index contributed by atoms with van der Waals surface area (Å²) >= 11 is 0. The highest BCUT2D eigenvalue weighted by molar-refractivity contribution is 5.72. The lowest BCUT2D eigenvalue weighted by Gasteiger charge is -2.36. The molecule has 3 N–H and O–H groups in total. The van der Waals surface area contributed by atoms with E-state index in [1.807, 2.05) is 12.1 Å². The highest BCUT2D eigenvalue weighted by Crippen LogP contribution is 2.20. The first-order chi connectivity index (χ1) is 10.0. The van der Waals surface area contributed by atoms with Crippen LogP contribution in [-0.4, -0.2) is 43.0 Å². The van der Waals surface area contributed by atoms with E-state index >= 15 is 0 Å². The second kappa shape index (κ2) is 7.52. The molecule has 1 aliphatic rings. The average molecular weight is 293 g/mol. The van der Waals surface area contributed by atoms with Gasteiger partial charge in [-0.05, 0) is 36.5 Å².